The average Bonchev–Trinajstić information content (AvgIpc) is 2.26. The molecule has 0 aromatic heterocycles. The van der Waals surface area contributed by atoms with Crippen molar-refractivity contribution >= 4 is 15.8 Å². The lowest BCUT2D eigenvalue weighted by atomic mass is 10.1. The Hall–Kier alpha value is -1.20. The zero-order chi connectivity index (χ0) is 13.1. The van der Waals surface area contributed by atoms with Crippen LogP contribution in [0.2, 0.25) is 0 Å². The molecule has 0 aliphatic carbocycles. The van der Waals surface area contributed by atoms with Gasteiger partial charge in [0, 0.05) is 18.0 Å². The van der Waals surface area contributed by atoms with Gasteiger partial charge in [0.2, 0.25) is 10.0 Å². The third-order valence-electron chi connectivity index (χ3n) is 2.20. The van der Waals surface area contributed by atoms with Crippen molar-refractivity contribution in [1.82, 2.24) is 4.72 Å². The number of benzene rings is 1. The van der Waals surface area contributed by atoms with Crippen LogP contribution in [0.4, 0.5) is 0 Å². The van der Waals surface area contributed by atoms with E-state index in [0.717, 1.165) is 0 Å². The molecular formula is C12H17NO3S. The van der Waals surface area contributed by atoms with Crippen molar-refractivity contribution in [3.8, 4) is 0 Å². The van der Waals surface area contributed by atoms with Crippen LogP contribution in [0.25, 0.3) is 0 Å². The molecule has 0 amide bonds. The van der Waals surface area contributed by atoms with E-state index in [1.54, 1.807) is 32.9 Å². The average molecular weight is 255 g/mol. The highest BCUT2D eigenvalue weighted by molar-refractivity contribution is 7.89. The molecule has 0 fully saturated rings. The number of hydrogen-bond acceptors (Lipinski definition) is 3. The molecule has 0 unspecified atom stereocenters. The Bertz CT molecular complexity index is 489. The summed E-state index contributed by atoms with van der Waals surface area (Å²) in [5.41, 5.74) is 0.538. The fourth-order valence-corrected chi connectivity index (χ4v) is 2.65. The number of rotatable bonds is 5. The predicted molar refractivity (Wildman–Crippen MR) is 66.5 cm³/mol. The molecule has 0 spiro atoms. The molecule has 0 heterocycles. The molecule has 1 aromatic carbocycles. The summed E-state index contributed by atoms with van der Waals surface area (Å²) >= 11 is 0. The quantitative estimate of drug-likeness (QED) is 0.818. The molecule has 0 radical (unpaired) electrons. The minimum atomic E-state index is -3.47. The van der Waals surface area contributed by atoms with Crippen LogP contribution in [0.15, 0.2) is 29.2 Å². The summed E-state index contributed by atoms with van der Waals surface area (Å²) in [5, 5.41) is 0. The van der Waals surface area contributed by atoms with Crippen molar-refractivity contribution in [2.24, 2.45) is 0 Å². The Morgan fingerprint density at radius 2 is 1.76 bits per heavy atom. The zero-order valence-electron chi connectivity index (χ0n) is 10.2. The number of ketones is 1. The van der Waals surface area contributed by atoms with Gasteiger partial charge in [-0.15, -0.1) is 0 Å². The van der Waals surface area contributed by atoms with E-state index in [0.29, 0.717) is 12.0 Å². The van der Waals surface area contributed by atoms with Crippen molar-refractivity contribution in [2.75, 3.05) is 0 Å². The predicted octanol–water partition coefficient (Wildman–Crippen LogP) is 1.97. The van der Waals surface area contributed by atoms with Crippen LogP contribution in [0, 0.1) is 0 Å². The van der Waals surface area contributed by atoms with Crippen molar-refractivity contribution in [1.29, 1.82) is 0 Å². The second-order valence-electron chi connectivity index (χ2n) is 4.08. The Morgan fingerprint density at radius 3 is 2.18 bits per heavy atom. The maximum Gasteiger partial charge on any atom is 0.240 e. The zero-order valence-corrected chi connectivity index (χ0v) is 11.0. The first-order valence-corrected chi connectivity index (χ1v) is 7.00. The van der Waals surface area contributed by atoms with E-state index in [1.807, 2.05) is 0 Å². The molecule has 1 rings (SSSR count). The van der Waals surface area contributed by atoms with Crippen molar-refractivity contribution in [3.05, 3.63) is 29.8 Å². The topological polar surface area (TPSA) is 63.2 Å². The molecule has 0 aliphatic rings. The fourth-order valence-electron chi connectivity index (χ4n) is 1.40. The van der Waals surface area contributed by atoms with E-state index in [2.05, 4.69) is 4.72 Å². The van der Waals surface area contributed by atoms with E-state index < -0.39 is 10.0 Å². The molecule has 94 valence electrons. The van der Waals surface area contributed by atoms with Gasteiger partial charge in [-0.05, 0) is 26.0 Å². The van der Waals surface area contributed by atoms with E-state index in [-0.39, 0.29) is 16.7 Å². The fraction of sp³-hybridized carbons (Fsp3) is 0.417. The first-order valence-electron chi connectivity index (χ1n) is 5.52. The summed E-state index contributed by atoms with van der Waals surface area (Å²) in [6, 6.07) is 5.83. The molecule has 0 bridgehead atoms. The highest BCUT2D eigenvalue weighted by atomic mass is 32.2. The number of carbonyl (C=O) groups excluding carboxylic acids is 1. The SMILES string of the molecule is CCC(=O)c1ccc(S(=O)(=O)NC(C)C)cc1. The number of hydrogen-bond donors (Lipinski definition) is 1. The van der Waals surface area contributed by atoms with Gasteiger partial charge >= 0.3 is 0 Å². The third-order valence-corrected chi connectivity index (χ3v) is 3.87. The Labute approximate surface area is 102 Å². The van der Waals surface area contributed by atoms with Crippen LogP contribution in [-0.2, 0) is 10.0 Å². The summed E-state index contributed by atoms with van der Waals surface area (Å²) < 4.78 is 26.1. The highest BCUT2D eigenvalue weighted by Gasteiger charge is 2.15. The molecule has 0 aliphatic heterocycles. The lowest BCUT2D eigenvalue weighted by Crippen LogP contribution is -2.30. The molecular weight excluding hydrogens is 238 g/mol. The van der Waals surface area contributed by atoms with E-state index >= 15 is 0 Å². The number of sulfonamides is 1. The molecule has 0 atom stereocenters. The van der Waals surface area contributed by atoms with Gasteiger partial charge in [-0.2, -0.15) is 0 Å². The number of Topliss-reactive ketones (excluding diaryl/α,β-unsaturated/α-hetero) is 1. The summed E-state index contributed by atoms with van der Waals surface area (Å²) in [5.74, 6) is 0.00534. The number of carbonyl (C=O) groups is 1. The summed E-state index contributed by atoms with van der Waals surface area (Å²) in [6.45, 7) is 5.28. The maximum atomic E-state index is 11.8. The van der Waals surface area contributed by atoms with Gasteiger partial charge in [0.05, 0.1) is 4.90 Å². The van der Waals surface area contributed by atoms with Crippen molar-refractivity contribution in [2.45, 2.75) is 38.1 Å². The smallest absolute Gasteiger partial charge is 0.240 e. The van der Waals surface area contributed by atoms with Crippen molar-refractivity contribution < 1.29 is 13.2 Å². The molecule has 5 heteroatoms. The lowest BCUT2D eigenvalue weighted by molar-refractivity contribution is 0.0988. The van der Waals surface area contributed by atoms with Gasteiger partial charge < -0.3 is 0 Å². The molecule has 17 heavy (non-hydrogen) atoms. The van der Waals surface area contributed by atoms with Gasteiger partial charge in [0.1, 0.15) is 0 Å². The standard InChI is InChI=1S/C12H17NO3S/c1-4-12(14)10-5-7-11(8-6-10)17(15,16)13-9(2)3/h5-9,13H,4H2,1-3H3. The van der Waals surface area contributed by atoms with E-state index in [1.165, 1.54) is 12.1 Å². The minimum absolute atomic E-state index is 0.00534. The van der Waals surface area contributed by atoms with Crippen molar-refractivity contribution in [3.63, 3.8) is 0 Å². The van der Waals surface area contributed by atoms with E-state index in [9.17, 15) is 13.2 Å². The first kappa shape index (κ1) is 13.9. The van der Waals surface area contributed by atoms with Crippen LogP contribution >= 0.6 is 0 Å². The van der Waals surface area contributed by atoms with Gasteiger partial charge in [-0.25, -0.2) is 13.1 Å². The summed E-state index contributed by atoms with van der Waals surface area (Å²) in [4.78, 5) is 11.6. The molecule has 4 nitrogen and oxygen atoms in total. The monoisotopic (exact) mass is 255 g/mol. The number of nitrogens with one attached hydrogen (secondary N) is 1. The van der Waals surface area contributed by atoms with Gasteiger partial charge in [-0.1, -0.05) is 19.1 Å². The largest absolute Gasteiger partial charge is 0.294 e. The highest BCUT2D eigenvalue weighted by Crippen LogP contribution is 2.12. The van der Waals surface area contributed by atoms with Crippen LogP contribution in [0.5, 0.6) is 0 Å². The minimum Gasteiger partial charge on any atom is -0.294 e. The second kappa shape index (κ2) is 5.42. The van der Waals surface area contributed by atoms with Gasteiger partial charge in [0.15, 0.2) is 5.78 Å². The van der Waals surface area contributed by atoms with Gasteiger partial charge in [-0.3, -0.25) is 4.79 Å². The van der Waals surface area contributed by atoms with Crippen LogP contribution in [-0.4, -0.2) is 20.2 Å². The second-order valence-corrected chi connectivity index (χ2v) is 5.79. The summed E-state index contributed by atoms with van der Waals surface area (Å²) in [6.07, 6.45) is 0.413. The lowest BCUT2D eigenvalue weighted by Gasteiger charge is -2.09. The molecule has 0 saturated carbocycles. The Kier molecular flexibility index (Phi) is 4.42. The molecule has 1 N–H and O–H groups in total. The van der Waals surface area contributed by atoms with Crippen LogP contribution in [0.3, 0.4) is 0 Å². The summed E-state index contributed by atoms with van der Waals surface area (Å²) in [7, 11) is -3.47. The Balaban J connectivity index is 2.99. The maximum absolute atomic E-state index is 11.8. The third kappa shape index (κ3) is 3.64. The molecule has 0 saturated heterocycles. The van der Waals surface area contributed by atoms with Crippen LogP contribution in [0.1, 0.15) is 37.6 Å². The van der Waals surface area contributed by atoms with Gasteiger partial charge in [0.25, 0.3) is 0 Å². The molecule has 1 aromatic rings. The van der Waals surface area contributed by atoms with Crippen LogP contribution < -0.4 is 4.72 Å². The van der Waals surface area contributed by atoms with E-state index in [4.69, 9.17) is 0 Å². The Morgan fingerprint density at radius 1 is 1.24 bits per heavy atom. The normalized spacial score (nSPS) is 11.8. The first-order chi connectivity index (χ1) is 7.86.